The zero-order valence-electron chi connectivity index (χ0n) is 6.92. The molecule has 0 aliphatic carbocycles. The summed E-state index contributed by atoms with van der Waals surface area (Å²) >= 11 is 0. The molecule has 0 amide bonds. The summed E-state index contributed by atoms with van der Waals surface area (Å²) in [6, 6.07) is 0. The maximum Gasteiger partial charge on any atom is 0.306 e. The Bertz CT molecular complexity index is 110. The van der Waals surface area contributed by atoms with Crippen LogP contribution in [-0.2, 0) is 4.79 Å². The molecular weight excluding hydrogens is 128 g/mol. The van der Waals surface area contributed by atoms with Gasteiger partial charge in [-0.25, -0.2) is 0 Å². The van der Waals surface area contributed by atoms with Crippen LogP contribution in [0.5, 0.6) is 0 Å². The minimum absolute atomic E-state index is 0.185. The predicted molar refractivity (Wildman–Crippen MR) is 40.9 cm³/mol. The Balaban J connectivity index is 3.56. The molecule has 60 valence electrons. The fraction of sp³-hybridized carbons (Fsp3) is 0.875. The maximum absolute atomic E-state index is 10.4. The lowest BCUT2D eigenvalue weighted by Crippen LogP contribution is -2.12. The Hall–Kier alpha value is -0.530. The number of hydrogen-bond acceptors (Lipinski definition) is 1. The van der Waals surface area contributed by atoms with Crippen LogP contribution < -0.4 is 0 Å². The molecule has 1 N–H and O–H groups in total. The highest BCUT2D eigenvalue weighted by Gasteiger charge is 2.13. The van der Waals surface area contributed by atoms with Crippen LogP contribution in [-0.4, -0.2) is 11.1 Å². The normalized spacial score (nSPS) is 16.3. The van der Waals surface area contributed by atoms with Gasteiger partial charge in [-0.2, -0.15) is 0 Å². The monoisotopic (exact) mass is 144 g/mol. The van der Waals surface area contributed by atoms with Crippen LogP contribution >= 0.6 is 0 Å². The molecule has 0 saturated carbocycles. The van der Waals surface area contributed by atoms with Gasteiger partial charge >= 0.3 is 5.97 Å². The highest BCUT2D eigenvalue weighted by Crippen LogP contribution is 2.14. The molecule has 0 aliphatic rings. The molecule has 0 aromatic heterocycles. The Kier molecular flexibility index (Phi) is 4.08. The largest absolute Gasteiger partial charge is 0.481 e. The van der Waals surface area contributed by atoms with Crippen LogP contribution in [0, 0.1) is 11.8 Å². The van der Waals surface area contributed by atoms with Gasteiger partial charge in [0.15, 0.2) is 0 Å². The second kappa shape index (κ2) is 4.31. The summed E-state index contributed by atoms with van der Waals surface area (Å²) in [5, 5.41) is 8.53. The summed E-state index contributed by atoms with van der Waals surface area (Å²) in [6.07, 6.45) is 1.86. The lowest BCUT2D eigenvalue weighted by Gasteiger charge is -2.10. The van der Waals surface area contributed by atoms with Gasteiger partial charge < -0.3 is 5.11 Å². The van der Waals surface area contributed by atoms with Gasteiger partial charge in [0, 0.05) is 0 Å². The number of carbonyl (C=O) groups is 1. The third-order valence-corrected chi connectivity index (χ3v) is 1.87. The number of carboxylic acids is 1. The van der Waals surface area contributed by atoms with E-state index in [9.17, 15) is 4.79 Å². The fourth-order valence-corrected chi connectivity index (χ4v) is 0.871. The highest BCUT2D eigenvalue weighted by atomic mass is 16.4. The van der Waals surface area contributed by atoms with Crippen LogP contribution in [0.1, 0.15) is 33.6 Å². The van der Waals surface area contributed by atoms with Crippen molar-refractivity contribution in [3.05, 3.63) is 0 Å². The third kappa shape index (κ3) is 3.49. The molecule has 2 heteroatoms. The summed E-state index contributed by atoms with van der Waals surface area (Å²) in [5.41, 5.74) is 0. The van der Waals surface area contributed by atoms with E-state index in [0.717, 1.165) is 12.8 Å². The SMILES string of the molecule is CC[C@H](C)C[C@H](C)C(=O)O. The zero-order chi connectivity index (χ0) is 8.15. The quantitative estimate of drug-likeness (QED) is 0.656. The van der Waals surface area contributed by atoms with Crippen molar-refractivity contribution in [2.75, 3.05) is 0 Å². The van der Waals surface area contributed by atoms with E-state index in [-0.39, 0.29) is 5.92 Å². The average molecular weight is 144 g/mol. The molecule has 0 radical (unpaired) electrons. The number of aliphatic carboxylic acids is 1. The minimum atomic E-state index is -0.680. The van der Waals surface area contributed by atoms with Crippen molar-refractivity contribution in [3.63, 3.8) is 0 Å². The molecule has 0 rings (SSSR count). The summed E-state index contributed by atoms with van der Waals surface area (Å²) in [5.74, 6) is -0.332. The topological polar surface area (TPSA) is 37.3 Å². The molecule has 2 atom stereocenters. The smallest absolute Gasteiger partial charge is 0.306 e. The van der Waals surface area contributed by atoms with Crippen molar-refractivity contribution in [1.29, 1.82) is 0 Å². The average Bonchev–Trinajstić information content (AvgIpc) is 1.87. The molecule has 0 bridgehead atoms. The molecule has 0 fully saturated rings. The summed E-state index contributed by atoms with van der Waals surface area (Å²) < 4.78 is 0. The van der Waals surface area contributed by atoms with Gasteiger partial charge in [-0.05, 0) is 12.3 Å². The van der Waals surface area contributed by atoms with Crippen LogP contribution in [0.4, 0.5) is 0 Å². The summed E-state index contributed by atoms with van der Waals surface area (Å²) in [7, 11) is 0. The standard InChI is InChI=1S/C8H16O2/c1-4-6(2)5-7(3)8(9)10/h6-7H,4-5H2,1-3H3,(H,9,10)/t6-,7-/m0/s1. The first-order chi connectivity index (χ1) is 4.57. The Morgan fingerprint density at radius 3 is 2.30 bits per heavy atom. The first-order valence-electron chi connectivity index (χ1n) is 3.80. The molecule has 0 heterocycles. The molecule has 0 aromatic carbocycles. The van der Waals surface area contributed by atoms with Crippen molar-refractivity contribution in [3.8, 4) is 0 Å². The first-order valence-corrected chi connectivity index (χ1v) is 3.80. The van der Waals surface area contributed by atoms with Gasteiger partial charge in [-0.15, -0.1) is 0 Å². The van der Waals surface area contributed by atoms with E-state index in [1.54, 1.807) is 6.92 Å². The van der Waals surface area contributed by atoms with Crippen molar-refractivity contribution in [1.82, 2.24) is 0 Å². The maximum atomic E-state index is 10.4. The van der Waals surface area contributed by atoms with Crippen LogP contribution in [0.2, 0.25) is 0 Å². The second-order valence-electron chi connectivity index (χ2n) is 2.99. The summed E-state index contributed by atoms with van der Waals surface area (Å²) in [4.78, 5) is 10.4. The van der Waals surface area contributed by atoms with E-state index in [1.165, 1.54) is 0 Å². The molecule has 0 saturated heterocycles. The Morgan fingerprint density at radius 1 is 1.50 bits per heavy atom. The predicted octanol–water partition coefficient (Wildman–Crippen LogP) is 2.14. The van der Waals surface area contributed by atoms with Gasteiger partial charge in [0.05, 0.1) is 5.92 Å². The molecular formula is C8H16O2. The second-order valence-corrected chi connectivity index (χ2v) is 2.99. The van der Waals surface area contributed by atoms with Crippen LogP contribution in [0.25, 0.3) is 0 Å². The zero-order valence-corrected chi connectivity index (χ0v) is 6.92. The van der Waals surface area contributed by atoms with E-state index in [1.807, 2.05) is 0 Å². The van der Waals surface area contributed by atoms with Gasteiger partial charge in [0.2, 0.25) is 0 Å². The lowest BCUT2D eigenvalue weighted by molar-refractivity contribution is -0.141. The van der Waals surface area contributed by atoms with E-state index in [4.69, 9.17) is 5.11 Å². The van der Waals surface area contributed by atoms with E-state index >= 15 is 0 Å². The van der Waals surface area contributed by atoms with E-state index in [0.29, 0.717) is 5.92 Å². The molecule has 2 nitrogen and oxygen atoms in total. The van der Waals surface area contributed by atoms with Crippen LogP contribution in [0.15, 0.2) is 0 Å². The summed E-state index contributed by atoms with van der Waals surface area (Å²) in [6.45, 7) is 5.92. The van der Waals surface area contributed by atoms with Gasteiger partial charge in [0.25, 0.3) is 0 Å². The minimum Gasteiger partial charge on any atom is -0.481 e. The number of rotatable bonds is 4. The molecule has 10 heavy (non-hydrogen) atoms. The lowest BCUT2D eigenvalue weighted by atomic mass is 9.96. The molecule has 0 aliphatic heterocycles. The van der Waals surface area contributed by atoms with Crippen molar-refractivity contribution in [2.45, 2.75) is 33.6 Å². The third-order valence-electron chi connectivity index (χ3n) is 1.87. The van der Waals surface area contributed by atoms with Crippen molar-refractivity contribution < 1.29 is 9.90 Å². The fourth-order valence-electron chi connectivity index (χ4n) is 0.871. The van der Waals surface area contributed by atoms with Crippen molar-refractivity contribution >= 4 is 5.97 Å². The van der Waals surface area contributed by atoms with Gasteiger partial charge in [-0.1, -0.05) is 27.2 Å². The Labute approximate surface area is 62.2 Å². The van der Waals surface area contributed by atoms with Crippen molar-refractivity contribution in [2.24, 2.45) is 11.8 Å². The van der Waals surface area contributed by atoms with E-state index < -0.39 is 5.97 Å². The molecule has 0 unspecified atom stereocenters. The molecule has 0 spiro atoms. The van der Waals surface area contributed by atoms with Gasteiger partial charge in [0.1, 0.15) is 0 Å². The Morgan fingerprint density at radius 2 is 2.00 bits per heavy atom. The molecule has 0 aromatic rings. The van der Waals surface area contributed by atoms with Crippen LogP contribution in [0.3, 0.4) is 0 Å². The first kappa shape index (κ1) is 9.47. The van der Waals surface area contributed by atoms with E-state index in [2.05, 4.69) is 13.8 Å². The number of hydrogen-bond donors (Lipinski definition) is 1. The number of carboxylic acid groups (broad SMARTS) is 1. The van der Waals surface area contributed by atoms with Gasteiger partial charge in [-0.3, -0.25) is 4.79 Å². The highest BCUT2D eigenvalue weighted by molar-refractivity contribution is 5.69.